The Bertz CT molecular complexity index is 979. The zero-order chi connectivity index (χ0) is 22.1. The molecule has 0 radical (unpaired) electrons. The highest BCUT2D eigenvalue weighted by Gasteiger charge is 2.54. The molecule has 3 amide bonds. The Labute approximate surface area is 192 Å². The van der Waals surface area contributed by atoms with Crippen molar-refractivity contribution in [3.05, 3.63) is 62.5 Å². The number of carboxylic acid groups (broad SMARTS) is 1. The van der Waals surface area contributed by atoms with Gasteiger partial charge in [-0.05, 0) is 49.2 Å². The Balaban J connectivity index is 1.99. The Kier molecular flexibility index (Phi) is 6.75. The summed E-state index contributed by atoms with van der Waals surface area (Å²) in [6, 6.07) is 11.5. The van der Waals surface area contributed by atoms with Crippen molar-refractivity contribution in [3.8, 4) is 0 Å². The standard InChI is InChI=1S/C21H19BrCl2N2O4/c1-21(12-13-4-6-14(22)7-5-13)19(29)26(17-10-15(23)9-16(24)11-17)20(30)25(21)8-2-3-18(27)28/h4-7,9-11H,2-3,8,12H2,1H3,(H,27,28)/t21-/m1/s1. The van der Waals surface area contributed by atoms with Crippen molar-refractivity contribution >= 4 is 62.7 Å². The van der Waals surface area contributed by atoms with E-state index in [1.807, 2.05) is 24.3 Å². The van der Waals surface area contributed by atoms with Crippen molar-refractivity contribution in [2.75, 3.05) is 11.4 Å². The molecule has 1 aliphatic rings. The molecule has 0 aromatic heterocycles. The van der Waals surface area contributed by atoms with Crippen LogP contribution in [0.25, 0.3) is 0 Å². The first kappa shape index (κ1) is 22.6. The summed E-state index contributed by atoms with van der Waals surface area (Å²) in [5.74, 6) is -1.37. The number of benzene rings is 2. The molecule has 0 saturated carbocycles. The van der Waals surface area contributed by atoms with E-state index in [0.29, 0.717) is 10.0 Å². The zero-order valence-corrected chi connectivity index (χ0v) is 19.2. The Morgan fingerprint density at radius 1 is 1.10 bits per heavy atom. The molecule has 1 N–H and O–H groups in total. The lowest BCUT2D eigenvalue weighted by Crippen LogP contribution is -2.49. The molecule has 1 heterocycles. The second-order valence-electron chi connectivity index (χ2n) is 7.28. The molecule has 158 valence electrons. The van der Waals surface area contributed by atoms with Gasteiger partial charge in [-0.2, -0.15) is 0 Å². The molecule has 30 heavy (non-hydrogen) atoms. The van der Waals surface area contributed by atoms with Gasteiger partial charge >= 0.3 is 12.0 Å². The van der Waals surface area contributed by atoms with Crippen LogP contribution in [0.5, 0.6) is 0 Å². The topological polar surface area (TPSA) is 77.9 Å². The number of halogens is 3. The number of rotatable bonds is 7. The minimum absolute atomic E-state index is 0.102. The average Bonchev–Trinajstić information content (AvgIpc) is 2.83. The number of hydrogen-bond acceptors (Lipinski definition) is 3. The molecule has 1 saturated heterocycles. The molecule has 1 fully saturated rings. The van der Waals surface area contributed by atoms with Crippen LogP contribution in [0.1, 0.15) is 25.3 Å². The minimum atomic E-state index is -1.18. The van der Waals surface area contributed by atoms with Crippen molar-refractivity contribution in [2.45, 2.75) is 31.7 Å². The Hall–Kier alpha value is -2.09. The molecule has 2 aromatic rings. The average molecular weight is 514 g/mol. The highest BCUT2D eigenvalue weighted by molar-refractivity contribution is 9.10. The first-order chi connectivity index (χ1) is 14.1. The van der Waals surface area contributed by atoms with Crippen molar-refractivity contribution in [1.29, 1.82) is 0 Å². The maximum atomic E-state index is 13.5. The minimum Gasteiger partial charge on any atom is -0.481 e. The normalized spacial score (nSPS) is 18.9. The number of carboxylic acids is 1. The maximum absolute atomic E-state index is 13.5. The molecule has 6 nitrogen and oxygen atoms in total. The van der Waals surface area contributed by atoms with Crippen LogP contribution in [0, 0.1) is 0 Å². The predicted octanol–water partition coefficient (Wildman–Crippen LogP) is 5.39. The number of hydrogen-bond donors (Lipinski definition) is 1. The summed E-state index contributed by atoms with van der Waals surface area (Å²) in [6.07, 6.45) is 0.409. The van der Waals surface area contributed by atoms with Crippen molar-refractivity contribution in [1.82, 2.24) is 4.90 Å². The van der Waals surface area contributed by atoms with Crippen LogP contribution in [-0.4, -0.2) is 40.0 Å². The molecule has 0 bridgehead atoms. The molecule has 0 aliphatic carbocycles. The van der Waals surface area contributed by atoms with Crippen LogP contribution in [0.15, 0.2) is 46.9 Å². The molecule has 0 spiro atoms. The third kappa shape index (κ3) is 4.63. The van der Waals surface area contributed by atoms with Crippen molar-refractivity contribution < 1.29 is 19.5 Å². The van der Waals surface area contributed by atoms with Gasteiger partial charge in [-0.1, -0.05) is 51.3 Å². The third-order valence-corrected chi connectivity index (χ3v) is 5.99. The maximum Gasteiger partial charge on any atom is 0.332 e. The summed E-state index contributed by atoms with van der Waals surface area (Å²) >= 11 is 15.5. The molecule has 2 aromatic carbocycles. The van der Waals surface area contributed by atoms with E-state index >= 15 is 0 Å². The second kappa shape index (κ2) is 8.96. The van der Waals surface area contributed by atoms with Crippen LogP contribution in [0.4, 0.5) is 10.5 Å². The molecule has 1 aliphatic heterocycles. The monoisotopic (exact) mass is 512 g/mol. The van der Waals surface area contributed by atoms with Crippen LogP contribution < -0.4 is 4.90 Å². The van der Waals surface area contributed by atoms with Crippen LogP contribution in [-0.2, 0) is 16.0 Å². The fourth-order valence-electron chi connectivity index (χ4n) is 3.57. The summed E-state index contributed by atoms with van der Waals surface area (Å²) < 4.78 is 0.902. The van der Waals surface area contributed by atoms with Crippen LogP contribution in [0.3, 0.4) is 0 Å². The summed E-state index contributed by atoms with van der Waals surface area (Å²) in [4.78, 5) is 40.2. The van der Waals surface area contributed by atoms with Gasteiger partial charge in [0.25, 0.3) is 5.91 Å². The Morgan fingerprint density at radius 3 is 2.27 bits per heavy atom. The molecule has 1 atom stereocenters. The number of carbonyl (C=O) groups excluding carboxylic acids is 2. The van der Waals surface area contributed by atoms with E-state index in [-0.39, 0.29) is 31.5 Å². The summed E-state index contributed by atoms with van der Waals surface area (Å²) in [5, 5.41) is 9.58. The van der Waals surface area contributed by atoms with E-state index in [0.717, 1.165) is 14.9 Å². The first-order valence-corrected chi connectivity index (χ1v) is 10.8. The third-order valence-electron chi connectivity index (χ3n) is 5.02. The van der Waals surface area contributed by atoms with Gasteiger partial charge in [0, 0.05) is 33.9 Å². The summed E-state index contributed by atoms with van der Waals surface area (Å²) in [7, 11) is 0. The van der Waals surface area contributed by atoms with Crippen molar-refractivity contribution in [2.24, 2.45) is 0 Å². The van der Waals surface area contributed by atoms with Gasteiger partial charge in [-0.25, -0.2) is 9.69 Å². The van der Waals surface area contributed by atoms with E-state index in [4.69, 9.17) is 28.3 Å². The number of anilines is 1. The number of carbonyl (C=O) groups is 3. The van der Waals surface area contributed by atoms with Gasteiger partial charge in [-0.3, -0.25) is 9.59 Å². The zero-order valence-electron chi connectivity index (χ0n) is 16.1. The van der Waals surface area contributed by atoms with E-state index in [1.54, 1.807) is 6.92 Å². The number of nitrogens with zero attached hydrogens (tertiary/aromatic N) is 2. The number of aliphatic carboxylic acids is 1. The van der Waals surface area contributed by atoms with Gasteiger partial charge in [-0.15, -0.1) is 0 Å². The van der Waals surface area contributed by atoms with Gasteiger partial charge in [0.2, 0.25) is 0 Å². The van der Waals surface area contributed by atoms with E-state index in [1.165, 1.54) is 23.1 Å². The van der Waals surface area contributed by atoms with Gasteiger partial charge in [0.1, 0.15) is 5.54 Å². The van der Waals surface area contributed by atoms with Crippen LogP contribution >= 0.6 is 39.1 Å². The number of amides is 3. The largest absolute Gasteiger partial charge is 0.481 e. The van der Waals surface area contributed by atoms with E-state index in [2.05, 4.69) is 15.9 Å². The predicted molar refractivity (Wildman–Crippen MR) is 119 cm³/mol. The smallest absolute Gasteiger partial charge is 0.332 e. The number of urea groups is 1. The lowest BCUT2D eigenvalue weighted by atomic mass is 9.91. The molecule has 0 unspecified atom stereocenters. The quantitative estimate of drug-likeness (QED) is 0.503. The van der Waals surface area contributed by atoms with Crippen LogP contribution in [0.2, 0.25) is 10.0 Å². The van der Waals surface area contributed by atoms with Crippen molar-refractivity contribution in [3.63, 3.8) is 0 Å². The van der Waals surface area contributed by atoms with Gasteiger partial charge in [0.05, 0.1) is 5.69 Å². The summed E-state index contributed by atoms with van der Waals surface area (Å²) in [6.45, 7) is 1.83. The van der Waals surface area contributed by atoms with Gasteiger partial charge in [0.15, 0.2) is 0 Å². The lowest BCUT2D eigenvalue weighted by molar-refractivity contribution is -0.137. The second-order valence-corrected chi connectivity index (χ2v) is 9.07. The molecular weight excluding hydrogens is 495 g/mol. The molecule has 3 rings (SSSR count). The SMILES string of the molecule is C[C@@]1(Cc2ccc(Br)cc2)C(=O)N(c2cc(Cl)cc(Cl)c2)C(=O)N1CCCC(=O)O. The molecule has 9 heteroatoms. The van der Waals surface area contributed by atoms with E-state index < -0.39 is 23.4 Å². The molecular formula is C21H19BrCl2N2O4. The number of imide groups is 1. The highest BCUT2D eigenvalue weighted by atomic mass is 79.9. The van der Waals surface area contributed by atoms with Gasteiger partial charge < -0.3 is 10.0 Å². The lowest BCUT2D eigenvalue weighted by Gasteiger charge is -2.31. The highest BCUT2D eigenvalue weighted by Crippen LogP contribution is 2.37. The fraction of sp³-hybridized carbons (Fsp3) is 0.286. The fourth-order valence-corrected chi connectivity index (χ4v) is 4.35. The summed E-state index contributed by atoms with van der Waals surface area (Å²) in [5.41, 5.74) is -0.0283. The van der Waals surface area contributed by atoms with E-state index in [9.17, 15) is 14.4 Å². The first-order valence-electron chi connectivity index (χ1n) is 9.20. The Morgan fingerprint density at radius 2 is 1.70 bits per heavy atom.